The van der Waals surface area contributed by atoms with E-state index in [1.807, 2.05) is 0 Å². The van der Waals surface area contributed by atoms with Gasteiger partial charge in [0.25, 0.3) is 5.91 Å². The number of carbonyl (C=O) groups excluding carboxylic acids is 1. The Hall–Kier alpha value is -2.53. The monoisotopic (exact) mass is 429 g/mol. The Morgan fingerprint density at radius 1 is 1.10 bits per heavy atom. The Morgan fingerprint density at radius 2 is 1.83 bits per heavy atom. The molecular weight excluding hydrogens is 411 g/mol. The van der Waals surface area contributed by atoms with Crippen molar-refractivity contribution in [2.24, 2.45) is 0 Å². The number of alkyl halides is 3. The lowest BCUT2D eigenvalue weighted by Crippen LogP contribution is -2.42. The lowest BCUT2D eigenvalue weighted by atomic mass is 9.95. The van der Waals surface area contributed by atoms with Crippen molar-refractivity contribution in [3.05, 3.63) is 42.2 Å². The summed E-state index contributed by atoms with van der Waals surface area (Å²) < 4.78 is 66.6. The minimum absolute atomic E-state index is 0.0655. The second-order valence-electron chi connectivity index (χ2n) is 7.16. The van der Waals surface area contributed by atoms with E-state index in [4.69, 9.17) is 4.42 Å². The van der Waals surface area contributed by atoms with Gasteiger partial charge in [-0.1, -0.05) is 0 Å². The molecule has 2 fully saturated rings. The van der Waals surface area contributed by atoms with Gasteiger partial charge in [-0.05, 0) is 55.7 Å². The molecule has 7 nitrogen and oxygen atoms in total. The van der Waals surface area contributed by atoms with Gasteiger partial charge in [0.15, 0.2) is 5.76 Å². The normalized spacial score (nSPS) is 23.9. The Balaban J connectivity index is 1.42. The maximum atomic E-state index is 12.4. The third kappa shape index (κ3) is 3.97. The SMILES string of the molecule is O=C(NC1CC2CCC1N2)c1ccc(-c2ccc(NS(=O)(=O)C(F)(F)F)cc2)o1. The highest BCUT2D eigenvalue weighted by atomic mass is 32.2. The quantitative estimate of drug-likeness (QED) is 0.679. The van der Waals surface area contributed by atoms with Crippen molar-refractivity contribution in [1.29, 1.82) is 0 Å². The number of hydrogen-bond acceptors (Lipinski definition) is 5. The van der Waals surface area contributed by atoms with Gasteiger partial charge in [0, 0.05) is 29.4 Å². The molecule has 4 rings (SSSR count). The molecule has 29 heavy (non-hydrogen) atoms. The van der Waals surface area contributed by atoms with Gasteiger partial charge in [-0.2, -0.15) is 21.6 Å². The van der Waals surface area contributed by atoms with Gasteiger partial charge in [-0.25, -0.2) is 0 Å². The van der Waals surface area contributed by atoms with Crippen LogP contribution in [0.15, 0.2) is 40.8 Å². The summed E-state index contributed by atoms with van der Waals surface area (Å²) in [4.78, 5) is 12.4. The maximum Gasteiger partial charge on any atom is 0.516 e. The van der Waals surface area contributed by atoms with Crippen LogP contribution in [0.5, 0.6) is 0 Å². The van der Waals surface area contributed by atoms with Crippen LogP contribution in [0, 0.1) is 0 Å². The van der Waals surface area contributed by atoms with E-state index in [-0.39, 0.29) is 29.4 Å². The molecule has 3 unspecified atom stereocenters. The van der Waals surface area contributed by atoms with E-state index in [2.05, 4.69) is 10.6 Å². The zero-order valence-electron chi connectivity index (χ0n) is 15.0. The van der Waals surface area contributed by atoms with E-state index in [0.29, 0.717) is 17.4 Å². The number of furan rings is 1. The molecule has 0 radical (unpaired) electrons. The van der Waals surface area contributed by atoms with E-state index in [1.54, 1.807) is 6.07 Å². The zero-order valence-corrected chi connectivity index (χ0v) is 15.8. The Labute approximate surface area is 164 Å². The first-order valence-corrected chi connectivity index (χ1v) is 10.5. The number of sulfonamides is 1. The summed E-state index contributed by atoms with van der Waals surface area (Å²) in [7, 11) is -5.48. The number of rotatable bonds is 5. The molecule has 0 spiro atoms. The summed E-state index contributed by atoms with van der Waals surface area (Å²) in [6, 6.07) is 9.05. The van der Waals surface area contributed by atoms with Crippen molar-refractivity contribution >= 4 is 21.6 Å². The number of carbonyl (C=O) groups is 1. The van der Waals surface area contributed by atoms with E-state index in [1.165, 1.54) is 35.1 Å². The molecule has 2 aliphatic rings. The molecule has 1 amide bonds. The summed E-state index contributed by atoms with van der Waals surface area (Å²) in [6.07, 6.45) is 3.04. The van der Waals surface area contributed by atoms with Crippen LogP contribution in [0.2, 0.25) is 0 Å². The fraction of sp³-hybridized carbons (Fsp3) is 0.389. The maximum absolute atomic E-state index is 12.4. The average molecular weight is 429 g/mol. The fourth-order valence-corrected chi connectivity index (χ4v) is 4.32. The molecule has 2 saturated heterocycles. The van der Waals surface area contributed by atoms with Crippen molar-refractivity contribution in [2.45, 2.75) is 42.9 Å². The van der Waals surface area contributed by atoms with E-state index < -0.39 is 15.5 Å². The van der Waals surface area contributed by atoms with Crippen LogP contribution in [0.4, 0.5) is 18.9 Å². The molecule has 156 valence electrons. The number of hydrogen-bond donors (Lipinski definition) is 3. The van der Waals surface area contributed by atoms with Crippen molar-refractivity contribution < 1.29 is 30.8 Å². The van der Waals surface area contributed by atoms with Crippen molar-refractivity contribution in [1.82, 2.24) is 10.6 Å². The smallest absolute Gasteiger partial charge is 0.451 e. The van der Waals surface area contributed by atoms with Gasteiger partial charge in [-0.15, -0.1) is 0 Å². The Bertz CT molecular complexity index is 1020. The molecule has 1 aromatic heterocycles. The summed E-state index contributed by atoms with van der Waals surface area (Å²) in [5, 5.41) is 6.39. The predicted molar refractivity (Wildman–Crippen MR) is 98.6 cm³/mol. The topological polar surface area (TPSA) is 100 Å². The number of nitrogens with one attached hydrogen (secondary N) is 3. The van der Waals surface area contributed by atoms with Crippen LogP contribution in [0.1, 0.15) is 29.8 Å². The van der Waals surface area contributed by atoms with E-state index in [0.717, 1.165) is 19.3 Å². The predicted octanol–water partition coefficient (Wildman–Crippen LogP) is 2.83. The highest BCUT2D eigenvalue weighted by Gasteiger charge is 2.46. The number of fused-ring (bicyclic) bond motifs is 2. The molecule has 1 aromatic carbocycles. The molecule has 2 aliphatic heterocycles. The van der Waals surface area contributed by atoms with Crippen LogP contribution in [0.3, 0.4) is 0 Å². The van der Waals surface area contributed by atoms with Gasteiger partial charge in [-0.3, -0.25) is 9.52 Å². The molecule has 0 aliphatic carbocycles. The van der Waals surface area contributed by atoms with Gasteiger partial charge in [0.1, 0.15) is 5.76 Å². The number of benzene rings is 1. The second-order valence-corrected chi connectivity index (χ2v) is 8.83. The van der Waals surface area contributed by atoms with Crippen LogP contribution in [-0.4, -0.2) is 38.0 Å². The van der Waals surface area contributed by atoms with E-state index in [9.17, 15) is 26.4 Å². The number of anilines is 1. The number of amides is 1. The Kier molecular flexibility index (Phi) is 4.82. The molecule has 3 N–H and O–H groups in total. The van der Waals surface area contributed by atoms with Crippen LogP contribution in [0.25, 0.3) is 11.3 Å². The van der Waals surface area contributed by atoms with Crippen molar-refractivity contribution in [3.63, 3.8) is 0 Å². The second kappa shape index (κ2) is 7.06. The molecule has 11 heteroatoms. The lowest BCUT2D eigenvalue weighted by molar-refractivity contribution is -0.0429. The standard InChI is InChI=1S/C18H18F3N3O4S/c19-18(20,21)29(26,27)24-11-3-1-10(2-4-11)15-7-8-16(28-15)17(25)23-14-9-12-5-6-13(14)22-12/h1-4,7-8,12-14,22,24H,5-6,9H2,(H,23,25). The molecule has 2 bridgehead atoms. The summed E-state index contributed by atoms with van der Waals surface area (Å²) in [5.41, 5.74) is -5.15. The number of halogens is 3. The van der Waals surface area contributed by atoms with Gasteiger partial charge < -0.3 is 15.1 Å². The molecule has 2 aromatic rings. The molecule has 3 heterocycles. The first-order valence-electron chi connectivity index (χ1n) is 8.99. The largest absolute Gasteiger partial charge is 0.516 e. The zero-order chi connectivity index (χ0) is 20.8. The van der Waals surface area contributed by atoms with Crippen LogP contribution < -0.4 is 15.4 Å². The van der Waals surface area contributed by atoms with Crippen molar-refractivity contribution in [2.75, 3.05) is 4.72 Å². The van der Waals surface area contributed by atoms with Crippen LogP contribution >= 0.6 is 0 Å². The Morgan fingerprint density at radius 3 is 2.41 bits per heavy atom. The third-order valence-electron chi connectivity index (χ3n) is 5.17. The summed E-state index contributed by atoms with van der Waals surface area (Å²) in [5.74, 6) is 0.140. The fourth-order valence-electron chi connectivity index (χ4n) is 3.75. The summed E-state index contributed by atoms with van der Waals surface area (Å²) >= 11 is 0. The first kappa shape index (κ1) is 19.8. The van der Waals surface area contributed by atoms with E-state index >= 15 is 0 Å². The van der Waals surface area contributed by atoms with Gasteiger partial charge in [0.2, 0.25) is 0 Å². The first-order chi connectivity index (χ1) is 13.6. The van der Waals surface area contributed by atoms with Gasteiger partial charge >= 0.3 is 15.5 Å². The highest BCUT2D eigenvalue weighted by molar-refractivity contribution is 7.93. The van der Waals surface area contributed by atoms with Crippen molar-refractivity contribution in [3.8, 4) is 11.3 Å². The lowest BCUT2D eigenvalue weighted by Gasteiger charge is -2.20. The third-order valence-corrected chi connectivity index (χ3v) is 6.29. The minimum atomic E-state index is -5.48. The van der Waals surface area contributed by atoms with Gasteiger partial charge in [0.05, 0.1) is 0 Å². The van der Waals surface area contributed by atoms with Crippen LogP contribution in [-0.2, 0) is 10.0 Å². The summed E-state index contributed by atoms with van der Waals surface area (Å²) in [6.45, 7) is 0. The average Bonchev–Trinajstić information content (AvgIpc) is 3.38. The molecular formula is C18H18F3N3O4S. The highest BCUT2D eigenvalue weighted by Crippen LogP contribution is 2.30. The minimum Gasteiger partial charge on any atom is -0.451 e. The molecule has 3 atom stereocenters. The molecule has 0 saturated carbocycles.